The molecule has 3 nitrogen and oxygen atoms in total. The Labute approximate surface area is 112 Å². The van der Waals surface area contributed by atoms with E-state index in [-0.39, 0.29) is 0 Å². The highest BCUT2D eigenvalue weighted by Gasteiger charge is 2.08. The Morgan fingerprint density at radius 3 is 2.78 bits per heavy atom. The predicted molar refractivity (Wildman–Crippen MR) is 75.7 cm³/mol. The van der Waals surface area contributed by atoms with Crippen LogP contribution in [0.1, 0.15) is 11.3 Å². The molecule has 0 aliphatic rings. The van der Waals surface area contributed by atoms with Crippen LogP contribution in [0, 0.1) is 6.92 Å². The molecular formula is C14H17ClN2O. The van der Waals surface area contributed by atoms with Crippen molar-refractivity contribution in [3.8, 4) is 5.75 Å². The lowest BCUT2D eigenvalue weighted by Crippen LogP contribution is -2.11. The van der Waals surface area contributed by atoms with Gasteiger partial charge in [-0.15, -0.1) is 0 Å². The average Bonchev–Trinajstić information content (AvgIpc) is 2.35. The Balaban J connectivity index is 2.52. The van der Waals surface area contributed by atoms with Crippen molar-refractivity contribution in [3.05, 3.63) is 34.5 Å². The monoisotopic (exact) mass is 264 g/mol. The topological polar surface area (TPSA) is 34.1 Å². The van der Waals surface area contributed by atoms with Gasteiger partial charge in [-0.3, -0.25) is 4.98 Å². The minimum absolute atomic E-state index is 0.600. The average molecular weight is 265 g/mol. The molecule has 0 bridgehead atoms. The first-order valence-electron chi connectivity index (χ1n) is 5.94. The highest BCUT2D eigenvalue weighted by Crippen LogP contribution is 2.30. The van der Waals surface area contributed by atoms with Crippen molar-refractivity contribution in [2.24, 2.45) is 0 Å². The van der Waals surface area contributed by atoms with Crippen LogP contribution < -0.4 is 10.1 Å². The normalized spacial score (nSPS) is 10.9. The first-order chi connectivity index (χ1) is 8.65. The van der Waals surface area contributed by atoms with Gasteiger partial charge >= 0.3 is 0 Å². The van der Waals surface area contributed by atoms with Crippen molar-refractivity contribution < 1.29 is 4.74 Å². The molecule has 0 spiro atoms. The van der Waals surface area contributed by atoms with Crippen molar-refractivity contribution in [2.75, 3.05) is 20.7 Å². The molecule has 96 valence electrons. The van der Waals surface area contributed by atoms with Gasteiger partial charge < -0.3 is 10.1 Å². The minimum Gasteiger partial charge on any atom is -0.495 e. The zero-order chi connectivity index (χ0) is 13.1. The highest BCUT2D eigenvalue weighted by atomic mass is 35.5. The lowest BCUT2D eigenvalue weighted by molar-refractivity contribution is 0.415. The molecule has 0 fully saturated rings. The van der Waals surface area contributed by atoms with E-state index in [1.165, 1.54) is 5.56 Å². The number of methoxy groups -OCH3 is 1. The number of nitrogens with one attached hydrogen (secondary N) is 1. The van der Waals surface area contributed by atoms with Gasteiger partial charge in [-0.05, 0) is 37.7 Å². The molecule has 2 rings (SSSR count). The lowest BCUT2D eigenvalue weighted by Gasteiger charge is -2.09. The molecule has 2 aromatic rings. The van der Waals surface area contributed by atoms with E-state index in [0.29, 0.717) is 10.8 Å². The van der Waals surface area contributed by atoms with Gasteiger partial charge in [0.25, 0.3) is 0 Å². The number of benzene rings is 1. The van der Waals surface area contributed by atoms with Crippen LogP contribution in [0.25, 0.3) is 10.9 Å². The largest absolute Gasteiger partial charge is 0.495 e. The van der Waals surface area contributed by atoms with Crippen molar-refractivity contribution in [3.63, 3.8) is 0 Å². The summed E-state index contributed by atoms with van der Waals surface area (Å²) in [4.78, 5) is 4.63. The number of hydrogen-bond acceptors (Lipinski definition) is 3. The van der Waals surface area contributed by atoms with Gasteiger partial charge in [-0.1, -0.05) is 11.6 Å². The smallest absolute Gasteiger partial charge is 0.138 e. The molecule has 1 heterocycles. The fourth-order valence-corrected chi connectivity index (χ4v) is 2.24. The molecule has 0 radical (unpaired) electrons. The van der Waals surface area contributed by atoms with Crippen molar-refractivity contribution >= 4 is 22.5 Å². The molecule has 0 saturated heterocycles. The summed E-state index contributed by atoms with van der Waals surface area (Å²) >= 11 is 6.14. The quantitative estimate of drug-likeness (QED) is 0.922. The third-order valence-corrected chi connectivity index (χ3v) is 3.27. The van der Waals surface area contributed by atoms with Crippen LogP contribution in [0.5, 0.6) is 5.75 Å². The van der Waals surface area contributed by atoms with E-state index >= 15 is 0 Å². The highest BCUT2D eigenvalue weighted by molar-refractivity contribution is 6.32. The number of likely N-dealkylation sites (N-methyl/N-ethyl adjacent to an activating group) is 1. The summed E-state index contributed by atoms with van der Waals surface area (Å²) < 4.78 is 5.23. The van der Waals surface area contributed by atoms with Crippen molar-refractivity contribution in [1.29, 1.82) is 0 Å². The summed E-state index contributed by atoms with van der Waals surface area (Å²) in [7, 11) is 3.56. The Hall–Kier alpha value is -1.32. The van der Waals surface area contributed by atoms with Crippen LogP contribution in [0.15, 0.2) is 18.2 Å². The summed E-state index contributed by atoms with van der Waals surface area (Å²) in [5.74, 6) is 0.692. The van der Waals surface area contributed by atoms with E-state index in [1.807, 2.05) is 19.2 Å². The summed E-state index contributed by atoms with van der Waals surface area (Å²) in [5, 5.41) is 4.81. The van der Waals surface area contributed by atoms with E-state index in [9.17, 15) is 0 Å². The molecule has 1 N–H and O–H groups in total. The van der Waals surface area contributed by atoms with Gasteiger partial charge in [0.1, 0.15) is 5.75 Å². The number of nitrogens with zero attached hydrogens (tertiary/aromatic N) is 1. The number of pyridine rings is 1. The zero-order valence-corrected chi connectivity index (χ0v) is 11.6. The number of hydrogen-bond donors (Lipinski definition) is 1. The van der Waals surface area contributed by atoms with Crippen molar-refractivity contribution in [2.45, 2.75) is 13.3 Å². The summed E-state index contributed by atoms with van der Waals surface area (Å²) in [6.45, 7) is 3.00. The van der Waals surface area contributed by atoms with Gasteiger partial charge in [-0.25, -0.2) is 0 Å². The second-order valence-corrected chi connectivity index (χ2v) is 4.70. The van der Waals surface area contributed by atoms with Gasteiger partial charge in [-0.2, -0.15) is 0 Å². The predicted octanol–water partition coefficient (Wildman–Crippen LogP) is 2.97. The van der Waals surface area contributed by atoms with Gasteiger partial charge in [0.2, 0.25) is 0 Å². The van der Waals surface area contributed by atoms with E-state index < -0.39 is 0 Å². The summed E-state index contributed by atoms with van der Waals surface area (Å²) in [6.07, 6.45) is 0.914. The molecule has 1 aromatic carbocycles. The Bertz CT molecular complexity index is 569. The molecule has 0 atom stereocenters. The van der Waals surface area contributed by atoms with Crippen LogP contribution in [0.2, 0.25) is 5.02 Å². The third-order valence-electron chi connectivity index (χ3n) is 2.97. The third kappa shape index (κ3) is 2.57. The van der Waals surface area contributed by atoms with Gasteiger partial charge in [0.15, 0.2) is 0 Å². The van der Waals surface area contributed by atoms with Crippen LogP contribution in [0.4, 0.5) is 0 Å². The number of halogens is 1. The van der Waals surface area contributed by atoms with Gasteiger partial charge in [0.05, 0.1) is 17.6 Å². The Morgan fingerprint density at radius 2 is 2.11 bits per heavy atom. The molecule has 0 unspecified atom stereocenters. The maximum atomic E-state index is 6.14. The maximum absolute atomic E-state index is 6.14. The molecule has 0 saturated carbocycles. The molecule has 0 amide bonds. The minimum atomic E-state index is 0.600. The first-order valence-corrected chi connectivity index (χ1v) is 6.32. The molecule has 1 aromatic heterocycles. The molecular weight excluding hydrogens is 248 g/mol. The first kappa shape index (κ1) is 13.1. The van der Waals surface area contributed by atoms with Crippen LogP contribution in [-0.4, -0.2) is 25.7 Å². The van der Waals surface area contributed by atoms with E-state index in [1.54, 1.807) is 7.11 Å². The number of fused-ring (bicyclic) bond motifs is 1. The Morgan fingerprint density at radius 1 is 1.33 bits per heavy atom. The van der Waals surface area contributed by atoms with Gasteiger partial charge in [0, 0.05) is 24.0 Å². The van der Waals surface area contributed by atoms with Crippen LogP contribution >= 0.6 is 11.6 Å². The number of rotatable bonds is 4. The molecule has 4 heteroatoms. The van der Waals surface area contributed by atoms with E-state index in [4.69, 9.17) is 16.3 Å². The zero-order valence-electron chi connectivity index (χ0n) is 10.9. The summed E-state index contributed by atoms with van der Waals surface area (Å²) in [6, 6.07) is 5.93. The van der Waals surface area contributed by atoms with Crippen LogP contribution in [0.3, 0.4) is 0 Å². The maximum Gasteiger partial charge on any atom is 0.138 e. The lowest BCUT2D eigenvalue weighted by atomic mass is 10.1. The molecule has 18 heavy (non-hydrogen) atoms. The van der Waals surface area contributed by atoms with Crippen molar-refractivity contribution in [1.82, 2.24) is 10.3 Å². The van der Waals surface area contributed by atoms with Crippen LogP contribution in [-0.2, 0) is 6.42 Å². The fraction of sp³-hybridized carbons (Fsp3) is 0.357. The number of aromatic nitrogens is 1. The fourth-order valence-electron chi connectivity index (χ4n) is 2.00. The SMILES string of the molecule is CNCCc1cc(C)c2cc(OC)c(Cl)cc2n1. The number of ether oxygens (including phenoxy) is 1. The molecule has 0 aliphatic carbocycles. The number of aryl methyl sites for hydroxylation is 1. The Kier molecular flexibility index (Phi) is 4.04. The standard InChI is InChI=1S/C14H17ClN2O/c1-9-6-10(4-5-16-2)17-13-8-12(15)14(18-3)7-11(9)13/h6-8,16H,4-5H2,1-3H3. The second kappa shape index (κ2) is 5.55. The summed E-state index contributed by atoms with van der Waals surface area (Å²) in [5.41, 5.74) is 3.20. The van der Waals surface area contributed by atoms with E-state index in [0.717, 1.165) is 29.6 Å². The van der Waals surface area contributed by atoms with E-state index in [2.05, 4.69) is 23.3 Å². The molecule has 0 aliphatic heterocycles. The second-order valence-electron chi connectivity index (χ2n) is 4.29.